The second-order valence-electron chi connectivity index (χ2n) is 7.06. The maximum Gasteiger partial charge on any atom is 0.328 e. The van der Waals surface area contributed by atoms with Crippen molar-refractivity contribution in [3.8, 4) is 0 Å². The molecule has 1 aromatic rings. The molecule has 0 saturated heterocycles. The van der Waals surface area contributed by atoms with Gasteiger partial charge in [0.15, 0.2) is 0 Å². The van der Waals surface area contributed by atoms with Crippen LogP contribution in [0.2, 0.25) is 0 Å². The van der Waals surface area contributed by atoms with Gasteiger partial charge in [-0.3, -0.25) is 19.4 Å². The third-order valence-corrected chi connectivity index (χ3v) is 4.00. The van der Waals surface area contributed by atoms with E-state index in [1.54, 1.807) is 0 Å². The van der Waals surface area contributed by atoms with Crippen molar-refractivity contribution in [2.45, 2.75) is 25.8 Å². The summed E-state index contributed by atoms with van der Waals surface area (Å²) in [5.74, 6) is -0.182. The van der Waals surface area contributed by atoms with Crippen molar-refractivity contribution in [3.05, 3.63) is 33.1 Å². The molecular weight excluding hydrogens is 456 g/mol. The molecule has 0 aliphatic carbocycles. The monoisotopic (exact) mass is 494 g/mol. The molecule has 13 heteroatoms. The van der Waals surface area contributed by atoms with Gasteiger partial charge >= 0.3 is 5.69 Å². The van der Waals surface area contributed by atoms with Gasteiger partial charge in [0.25, 0.3) is 5.56 Å². The van der Waals surface area contributed by atoms with Crippen LogP contribution < -0.4 is 40.0 Å². The molecule has 2 amide bonds. The second-order valence-corrected chi connectivity index (χ2v) is 7.06. The number of aromatic amines is 1. The molecule has 12 nitrogen and oxygen atoms in total. The van der Waals surface area contributed by atoms with Gasteiger partial charge < -0.3 is 47.7 Å². The van der Waals surface area contributed by atoms with Crippen LogP contribution in [0.4, 0.5) is 0 Å². The van der Waals surface area contributed by atoms with Crippen LogP contribution in [0.3, 0.4) is 0 Å². The van der Waals surface area contributed by atoms with E-state index in [9.17, 15) is 19.2 Å². The number of nitrogens with zero attached hydrogens (tertiary/aromatic N) is 2. The highest BCUT2D eigenvalue weighted by molar-refractivity contribution is 5.75. The molecule has 0 fully saturated rings. The Bertz CT molecular complexity index is 727. The first kappa shape index (κ1) is 32.9. The summed E-state index contributed by atoms with van der Waals surface area (Å²) in [6, 6.07) is 1.24. The summed E-state index contributed by atoms with van der Waals surface area (Å²) >= 11 is 0. The Morgan fingerprint density at radius 1 is 1.15 bits per heavy atom. The van der Waals surface area contributed by atoms with Gasteiger partial charge in [-0.05, 0) is 26.9 Å². The SMILES string of the molecule is CN(C)CCOCCOCCNC(=O)CCn1ccc(=O)[nH]c1=O.[Cl-].[NH3+]CCCCNC=O. The summed E-state index contributed by atoms with van der Waals surface area (Å²) in [6.45, 7) is 5.30. The van der Waals surface area contributed by atoms with Gasteiger partial charge in [-0.1, -0.05) is 0 Å². The first-order valence-corrected chi connectivity index (χ1v) is 10.7. The molecule has 192 valence electrons. The molecule has 6 N–H and O–H groups in total. The number of rotatable bonds is 17. The van der Waals surface area contributed by atoms with Crippen molar-refractivity contribution in [3.63, 3.8) is 0 Å². The molecule has 0 atom stereocenters. The molecule has 0 aromatic carbocycles. The van der Waals surface area contributed by atoms with Crippen LogP contribution in [-0.2, 0) is 25.6 Å². The standard InChI is InChI=1S/C15H26N4O5.C5H12N2O.ClH/c1-18(2)8-10-24-12-11-23-9-5-16-13(20)3-6-19-7-4-14(21)17-15(19)22;6-3-1-2-4-7-5-8;/h4,7H,3,5-6,8-12H2,1-2H3,(H,16,20)(H,17,21,22);5H,1-4,6H2,(H,7,8);1H. The van der Waals surface area contributed by atoms with Crippen molar-refractivity contribution in [1.29, 1.82) is 0 Å². The van der Waals surface area contributed by atoms with Gasteiger partial charge in [0, 0.05) is 44.9 Å². The number of quaternary nitrogens is 1. The molecule has 1 aromatic heterocycles. The van der Waals surface area contributed by atoms with Gasteiger partial charge in [-0.15, -0.1) is 0 Å². The first-order valence-electron chi connectivity index (χ1n) is 10.7. The van der Waals surface area contributed by atoms with Gasteiger partial charge in [0.1, 0.15) is 0 Å². The zero-order valence-electron chi connectivity index (χ0n) is 19.6. The van der Waals surface area contributed by atoms with E-state index in [2.05, 4.69) is 21.4 Å². The Morgan fingerprint density at radius 3 is 2.45 bits per heavy atom. The van der Waals surface area contributed by atoms with Crippen molar-refractivity contribution in [2.24, 2.45) is 0 Å². The van der Waals surface area contributed by atoms with Crippen molar-refractivity contribution < 1.29 is 37.2 Å². The lowest BCUT2D eigenvalue weighted by molar-refractivity contribution is -0.368. The third-order valence-electron chi connectivity index (χ3n) is 4.00. The number of nitrogens with one attached hydrogen (secondary N) is 3. The number of unbranched alkanes of at least 4 members (excludes halogenated alkanes) is 1. The Morgan fingerprint density at radius 2 is 1.85 bits per heavy atom. The quantitative estimate of drug-likeness (QED) is 0.124. The number of carbonyl (C=O) groups is 2. The minimum Gasteiger partial charge on any atom is -1.00 e. The minimum atomic E-state index is -0.520. The van der Waals surface area contributed by atoms with Crippen LogP contribution in [0.5, 0.6) is 0 Å². The summed E-state index contributed by atoms with van der Waals surface area (Å²) in [6.07, 6.45) is 4.39. The fourth-order valence-electron chi connectivity index (χ4n) is 2.23. The predicted molar refractivity (Wildman–Crippen MR) is 120 cm³/mol. The zero-order chi connectivity index (χ0) is 24.0. The van der Waals surface area contributed by atoms with Crippen LogP contribution in [-0.4, -0.2) is 93.5 Å². The van der Waals surface area contributed by atoms with Gasteiger partial charge in [0.05, 0.1) is 33.0 Å². The number of ether oxygens (including phenoxy) is 2. The number of hydrogen-bond donors (Lipinski definition) is 4. The van der Waals surface area contributed by atoms with Crippen molar-refractivity contribution in [2.75, 3.05) is 66.7 Å². The lowest BCUT2D eigenvalue weighted by Gasteiger charge is -2.10. The molecule has 1 heterocycles. The topological polar surface area (TPSA) is 162 Å². The number of amides is 2. The predicted octanol–water partition coefficient (Wildman–Crippen LogP) is -5.60. The van der Waals surface area contributed by atoms with Gasteiger partial charge in [-0.25, -0.2) is 4.79 Å². The second kappa shape index (κ2) is 22.9. The lowest BCUT2D eigenvalue weighted by Crippen LogP contribution is -3.00. The summed E-state index contributed by atoms with van der Waals surface area (Å²) in [7, 11) is 3.96. The first-order chi connectivity index (χ1) is 15.4. The van der Waals surface area contributed by atoms with E-state index in [4.69, 9.17) is 9.47 Å². The Labute approximate surface area is 200 Å². The van der Waals surface area contributed by atoms with Crippen LogP contribution in [0.15, 0.2) is 21.9 Å². The number of aryl methyl sites for hydroxylation is 1. The highest BCUT2D eigenvalue weighted by atomic mass is 35.5. The fraction of sp³-hybridized carbons (Fsp3) is 0.700. The van der Waals surface area contributed by atoms with E-state index in [0.29, 0.717) is 33.0 Å². The third kappa shape index (κ3) is 21.4. The summed E-state index contributed by atoms with van der Waals surface area (Å²) < 4.78 is 12.0. The number of likely N-dealkylation sites (N-methyl/N-ethyl adjacent to an activating group) is 1. The van der Waals surface area contributed by atoms with Gasteiger partial charge in [-0.2, -0.15) is 0 Å². The van der Waals surface area contributed by atoms with E-state index < -0.39 is 11.2 Å². The molecule has 0 unspecified atom stereocenters. The Hall–Kier alpha value is -2.25. The van der Waals surface area contributed by atoms with E-state index in [0.717, 1.165) is 38.9 Å². The Balaban J connectivity index is 0. The molecule has 0 saturated carbocycles. The van der Waals surface area contributed by atoms with Crippen LogP contribution in [0.1, 0.15) is 19.3 Å². The zero-order valence-corrected chi connectivity index (χ0v) is 20.4. The molecular formula is C20H39ClN6O6. The normalized spacial score (nSPS) is 10.1. The number of aromatic nitrogens is 2. The highest BCUT2D eigenvalue weighted by Crippen LogP contribution is 1.86. The maximum absolute atomic E-state index is 11.6. The fourth-order valence-corrected chi connectivity index (χ4v) is 2.23. The van der Waals surface area contributed by atoms with Crippen molar-refractivity contribution >= 4 is 12.3 Å². The molecule has 1 rings (SSSR count). The number of halogens is 1. The smallest absolute Gasteiger partial charge is 0.328 e. The number of hydrogen-bond acceptors (Lipinski definition) is 7. The number of H-pyrrole nitrogens is 1. The molecule has 0 radical (unpaired) electrons. The van der Waals surface area contributed by atoms with E-state index >= 15 is 0 Å². The van der Waals surface area contributed by atoms with Crippen LogP contribution in [0, 0.1) is 0 Å². The average Bonchev–Trinajstić information content (AvgIpc) is 2.75. The van der Waals surface area contributed by atoms with Crippen LogP contribution >= 0.6 is 0 Å². The minimum absolute atomic E-state index is 0. The average molecular weight is 495 g/mol. The van der Waals surface area contributed by atoms with E-state index in [-0.39, 0.29) is 31.3 Å². The molecule has 33 heavy (non-hydrogen) atoms. The van der Waals surface area contributed by atoms with E-state index in [1.807, 2.05) is 19.0 Å². The molecule has 0 aliphatic rings. The van der Waals surface area contributed by atoms with Crippen molar-refractivity contribution in [1.82, 2.24) is 25.1 Å². The maximum atomic E-state index is 11.6. The molecule has 0 bridgehead atoms. The van der Waals surface area contributed by atoms with E-state index in [1.165, 1.54) is 16.8 Å². The van der Waals surface area contributed by atoms with Crippen LogP contribution in [0.25, 0.3) is 0 Å². The molecule has 0 spiro atoms. The summed E-state index contributed by atoms with van der Waals surface area (Å²) in [5.41, 5.74) is 2.69. The largest absolute Gasteiger partial charge is 1.00 e. The highest BCUT2D eigenvalue weighted by Gasteiger charge is 2.03. The summed E-state index contributed by atoms with van der Waals surface area (Å²) in [5, 5.41) is 5.28. The molecule has 0 aliphatic heterocycles. The summed E-state index contributed by atoms with van der Waals surface area (Å²) in [4.78, 5) is 47.8. The van der Waals surface area contributed by atoms with Gasteiger partial charge in [0.2, 0.25) is 12.3 Å². The number of carbonyl (C=O) groups excluding carboxylic acids is 2. The Kier molecular flexibility index (Phi) is 22.9. The lowest BCUT2D eigenvalue weighted by atomic mass is 10.3.